The van der Waals surface area contributed by atoms with Crippen LogP contribution in [0.5, 0.6) is 0 Å². The van der Waals surface area contributed by atoms with Crippen LogP contribution in [-0.4, -0.2) is 17.5 Å². The van der Waals surface area contributed by atoms with Crippen LogP contribution in [0, 0.1) is 13.8 Å². The number of hydrogen-bond donors (Lipinski definition) is 1. The number of hydrogen-bond acceptors (Lipinski definition) is 2. The number of thioether (sulfide) groups is 1. The highest BCUT2D eigenvalue weighted by atomic mass is 32.2. The van der Waals surface area contributed by atoms with E-state index in [2.05, 4.69) is 49.1 Å². The van der Waals surface area contributed by atoms with Gasteiger partial charge < -0.3 is 5.32 Å². The van der Waals surface area contributed by atoms with Crippen molar-refractivity contribution in [2.75, 3.05) is 11.5 Å². The SMILES string of the molecule is Cc1cccc(C)c1CNC1CCCSC1. The van der Waals surface area contributed by atoms with Crippen molar-refractivity contribution in [1.29, 1.82) is 0 Å². The summed E-state index contributed by atoms with van der Waals surface area (Å²) in [5.74, 6) is 2.63. The molecule has 0 radical (unpaired) electrons. The van der Waals surface area contributed by atoms with Gasteiger partial charge in [-0.1, -0.05) is 18.2 Å². The van der Waals surface area contributed by atoms with E-state index in [-0.39, 0.29) is 0 Å². The third-order valence-corrected chi connectivity index (χ3v) is 4.59. The number of nitrogens with one attached hydrogen (secondary N) is 1. The Labute approximate surface area is 103 Å². The fraction of sp³-hybridized carbons (Fsp3) is 0.571. The summed E-state index contributed by atoms with van der Waals surface area (Å²) < 4.78 is 0. The third kappa shape index (κ3) is 3.02. The van der Waals surface area contributed by atoms with Gasteiger partial charge in [0, 0.05) is 18.3 Å². The fourth-order valence-electron chi connectivity index (χ4n) is 2.28. The maximum absolute atomic E-state index is 3.70. The smallest absolute Gasteiger partial charge is 0.0213 e. The standard InChI is InChI=1S/C14H21NS/c1-11-5-3-6-12(2)14(11)9-15-13-7-4-8-16-10-13/h3,5-6,13,15H,4,7-10H2,1-2H3. The summed E-state index contributed by atoms with van der Waals surface area (Å²) in [5.41, 5.74) is 4.31. The molecule has 2 heteroatoms. The molecule has 1 heterocycles. The third-order valence-electron chi connectivity index (χ3n) is 3.37. The molecule has 1 nitrogen and oxygen atoms in total. The minimum Gasteiger partial charge on any atom is -0.309 e. The molecule has 0 amide bonds. The van der Waals surface area contributed by atoms with Crippen LogP contribution >= 0.6 is 11.8 Å². The van der Waals surface area contributed by atoms with E-state index in [1.165, 1.54) is 41.0 Å². The van der Waals surface area contributed by atoms with Gasteiger partial charge in [0.05, 0.1) is 0 Å². The van der Waals surface area contributed by atoms with Crippen molar-refractivity contribution in [1.82, 2.24) is 5.32 Å². The van der Waals surface area contributed by atoms with Crippen LogP contribution in [-0.2, 0) is 6.54 Å². The Bertz CT molecular complexity index is 322. The molecule has 0 saturated carbocycles. The molecule has 0 bridgehead atoms. The van der Waals surface area contributed by atoms with E-state index in [1.807, 2.05) is 0 Å². The highest BCUT2D eigenvalue weighted by molar-refractivity contribution is 7.99. The summed E-state index contributed by atoms with van der Waals surface area (Å²) in [6, 6.07) is 7.28. The van der Waals surface area contributed by atoms with Crippen molar-refractivity contribution in [2.24, 2.45) is 0 Å². The topological polar surface area (TPSA) is 12.0 Å². The summed E-state index contributed by atoms with van der Waals surface area (Å²) in [6.45, 7) is 5.45. The molecule has 16 heavy (non-hydrogen) atoms. The molecule has 1 saturated heterocycles. The maximum Gasteiger partial charge on any atom is 0.0213 e. The van der Waals surface area contributed by atoms with Crippen LogP contribution in [0.1, 0.15) is 29.5 Å². The molecule has 1 atom stereocenters. The summed E-state index contributed by atoms with van der Waals surface area (Å²) in [4.78, 5) is 0. The van der Waals surface area contributed by atoms with Gasteiger partial charge >= 0.3 is 0 Å². The van der Waals surface area contributed by atoms with Crippen LogP contribution in [0.4, 0.5) is 0 Å². The van der Waals surface area contributed by atoms with Crippen molar-refractivity contribution in [3.05, 3.63) is 34.9 Å². The summed E-state index contributed by atoms with van der Waals surface area (Å²) in [5, 5.41) is 3.70. The largest absolute Gasteiger partial charge is 0.309 e. The summed E-state index contributed by atoms with van der Waals surface area (Å²) in [7, 11) is 0. The predicted molar refractivity (Wildman–Crippen MR) is 73.1 cm³/mol. The zero-order chi connectivity index (χ0) is 11.4. The second kappa shape index (κ2) is 5.74. The monoisotopic (exact) mass is 235 g/mol. The second-order valence-corrected chi connectivity index (χ2v) is 5.82. The molecule has 1 aliphatic heterocycles. The molecular formula is C14H21NS. The van der Waals surface area contributed by atoms with Gasteiger partial charge in [-0.25, -0.2) is 0 Å². The van der Waals surface area contributed by atoms with E-state index in [0.29, 0.717) is 0 Å². The molecular weight excluding hydrogens is 214 g/mol. The minimum atomic E-state index is 0.720. The van der Waals surface area contributed by atoms with Crippen molar-refractivity contribution in [3.63, 3.8) is 0 Å². The van der Waals surface area contributed by atoms with Gasteiger partial charge in [0.1, 0.15) is 0 Å². The molecule has 0 aromatic heterocycles. The summed E-state index contributed by atoms with van der Waals surface area (Å²) in [6.07, 6.45) is 2.72. The molecule has 0 spiro atoms. The van der Waals surface area contributed by atoms with Crippen molar-refractivity contribution < 1.29 is 0 Å². The lowest BCUT2D eigenvalue weighted by Gasteiger charge is -2.23. The number of aryl methyl sites for hydroxylation is 2. The maximum atomic E-state index is 3.70. The molecule has 1 aromatic carbocycles. The highest BCUT2D eigenvalue weighted by Gasteiger charge is 2.13. The van der Waals surface area contributed by atoms with Gasteiger partial charge in [0.15, 0.2) is 0 Å². The minimum absolute atomic E-state index is 0.720. The Morgan fingerprint density at radius 3 is 2.69 bits per heavy atom. The van der Waals surface area contributed by atoms with Crippen molar-refractivity contribution in [3.8, 4) is 0 Å². The summed E-state index contributed by atoms with van der Waals surface area (Å²) >= 11 is 2.08. The Balaban J connectivity index is 1.93. The average molecular weight is 235 g/mol. The van der Waals surface area contributed by atoms with Crippen LogP contribution in [0.2, 0.25) is 0 Å². The molecule has 1 N–H and O–H groups in total. The lowest BCUT2D eigenvalue weighted by atomic mass is 10.0. The molecule has 1 aromatic rings. The van der Waals surface area contributed by atoms with E-state index in [0.717, 1.165) is 12.6 Å². The van der Waals surface area contributed by atoms with Gasteiger partial charge in [0.25, 0.3) is 0 Å². The van der Waals surface area contributed by atoms with Crippen molar-refractivity contribution >= 4 is 11.8 Å². The van der Waals surface area contributed by atoms with E-state index in [1.54, 1.807) is 0 Å². The molecule has 1 aliphatic rings. The Hall–Kier alpha value is -0.470. The second-order valence-electron chi connectivity index (χ2n) is 4.67. The predicted octanol–water partition coefficient (Wildman–Crippen LogP) is 3.29. The molecule has 1 unspecified atom stereocenters. The van der Waals surface area contributed by atoms with Gasteiger partial charge in [-0.05, 0) is 49.1 Å². The van der Waals surface area contributed by atoms with Crippen molar-refractivity contribution in [2.45, 2.75) is 39.3 Å². The first-order chi connectivity index (χ1) is 7.77. The van der Waals surface area contributed by atoms with Crippen LogP contribution in [0.25, 0.3) is 0 Å². The molecule has 2 rings (SSSR count). The molecule has 1 fully saturated rings. The van der Waals surface area contributed by atoms with E-state index < -0.39 is 0 Å². The van der Waals surface area contributed by atoms with Gasteiger partial charge in [-0.2, -0.15) is 11.8 Å². The van der Waals surface area contributed by atoms with E-state index in [4.69, 9.17) is 0 Å². The van der Waals surface area contributed by atoms with Crippen LogP contribution in [0.15, 0.2) is 18.2 Å². The molecule has 88 valence electrons. The Morgan fingerprint density at radius 1 is 1.31 bits per heavy atom. The lowest BCUT2D eigenvalue weighted by Crippen LogP contribution is -2.33. The quantitative estimate of drug-likeness (QED) is 0.863. The van der Waals surface area contributed by atoms with E-state index >= 15 is 0 Å². The Kier molecular flexibility index (Phi) is 4.30. The average Bonchev–Trinajstić information content (AvgIpc) is 2.30. The number of benzene rings is 1. The van der Waals surface area contributed by atoms with Crippen LogP contribution < -0.4 is 5.32 Å². The van der Waals surface area contributed by atoms with E-state index in [9.17, 15) is 0 Å². The van der Waals surface area contributed by atoms with Gasteiger partial charge in [-0.3, -0.25) is 0 Å². The first kappa shape index (κ1) is 12.0. The molecule has 0 aliphatic carbocycles. The fourth-order valence-corrected chi connectivity index (χ4v) is 3.38. The zero-order valence-electron chi connectivity index (χ0n) is 10.3. The first-order valence-electron chi connectivity index (χ1n) is 6.13. The first-order valence-corrected chi connectivity index (χ1v) is 7.29. The normalized spacial score (nSPS) is 21.0. The Morgan fingerprint density at radius 2 is 2.06 bits per heavy atom. The number of rotatable bonds is 3. The zero-order valence-corrected chi connectivity index (χ0v) is 11.1. The van der Waals surface area contributed by atoms with Crippen LogP contribution in [0.3, 0.4) is 0 Å². The lowest BCUT2D eigenvalue weighted by molar-refractivity contribution is 0.506. The highest BCUT2D eigenvalue weighted by Crippen LogP contribution is 2.18. The van der Waals surface area contributed by atoms with Gasteiger partial charge in [0.2, 0.25) is 0 Å². The van der Waals surface area contributed by atoms with Gasteiger partial charge in [-0.15, -0.1) is 0 Å².